The van der Waals surface area contributed by atoms with Crippen LogP contribution in [-0.2, 0) is 19.6 Å². The van der Waals surface area contributed by atoms with Crippen LogP contribution in [0.3, 0.4) is 0 Å². The number of hydrogen-bond donors (Lipinski definition) is 1. The maximum atomic E-state index is 12.5. The number of esters is 1. The summed E-state index contributed by atoms with van der Waals surface area (Å²) in [5.74, 6) is -1.55. The Kier molecular flexibility index (Phi) is 5.57. The molecule has 0 bridgehead atoms. The lowest BCUT2D eigenvalue weighted by molar-refractivity contribution is -0.127. The lowest BCUT2D eigenvalue weighted by Crippen LogP contribution is -2.28. The Balaban J connectivity index is 1.76. The third kappa shape index (κ3) is 4.17. The standard InChI is InChI=1S/C19H20N2O5S/c20-18(22)17(14-6-2-1-3-7-14)26-19(23)15-8-10-16(11-9-15)27(24,25)21-12-4-5-13-21/h1-3,6-11,17H,4-5,12-13H2,(H2,20,22). The summed E-state index contributed by atoms with van der Waals surface area (Å²) in [4.78, 5) is 24.1. The van der Waals surface area contributed by atoms with E-state index in [0.29, 0.717) is 18.7 Å². The maximum Gasteiger partial charge on any atom is 0.339 e. The number of benzene rings is 2. The molecule has 1 aliphatic heterocycles. The molecule has 2 aromatic carbocycles. The number of primary amides is 1. The van der Waals surface area contributed by atoms with Crippen molar-refractivity contribution in [3.05, 3.63) is 65.7 Å². The average Bonchev–Trinajstić information content (AvgIpc) is 3.22. The van der Waals surface area contributed by atoms with Crippen LogP contribution in [0.1, 0.15) is 34.9 Å². The van der Waals surface area contributed by atoms with Crippen molar-refractivity contribution in [2.45, 2.75) is 23.8 Å². The van der Waals surface area contributed by atoms with Crippen LogP contribution in [0.15, 0.2) is 59.5 Å². The van der Waals surface area contributed by atoms with Crippen LogP contribution in [0.5, 0.6) is 0 Å². The van der Waals surface area contributed by atoms with Gasteiger partial charge in [0.15, 0.2) is 0 Å². The molecule has 7 nitrogen and oxygen atoms in total. The zero-order chi connectivity index (χ0) is 19.4. The Hall–Kier alpha value is -2.71. The van der Waals surface area contributed by atoms with Crippen molar-refractivity contribution in [3.63, 3.8) is 0 Å². The molecule has 0 radical (unpaired) electrons. The number of ether oxygens (including phenoxy) is 1. The Morgan fingerprint density at radius 1 is 0.963 bits per heavy atom. The molecule has 8 heteroatoms. The van der Waals surface area contributed by atoms with Gasteiger partial charge in [0.1, 0.15) is 0 Å². The van der Waals surface area contributed by atoms with Gasteiger partial charge in [0.25, 0.3) is 5.91 Å². The second-order valence-corrected chi connectivity index (χ2v) is 8.17. The maximum absolute atomic E-state index is 12.5. The van der Waals surface area contributed by atoms with E-state index in [-0.39, 0.29) is 10.5 Å². The monoisotopic (exact) mass is 388 g/mol. The molecule has 2 N–H and O–H groups in total. The molecule has 1 atom stereocenters. The third-order valence-corrected chi connectivity index (χ3v) is 6.29. The number of amides is 1. The van der Waals surface area contributed by atoms with Gasteiger partial charge in [0.2, 0.25) is 16.1 Å². The average molecular weight is 388 g/mol. The van der Waals surface area contributed by atoms with Gasteiger partial charge in [0.05, 0.1) is 10.5 Å². The molecule has 142 valence electrons. The first-order valence-electron chi connectivity index (χ1n) is 8.55. The zero-order valence-corrected chi connectivity index (χ0v) is 15.4. The van der Waals surface area contributed by atoms with E-state index in [2.05, 4.69) is 0 Å². The van der Waals surface area contributed by atoms with E-state index in [0.717, 1.165) is 12.8 Å². The van der Waals surface area contributed by atoms with Crippen LogP contribution in [0.4, 0.5) is 0 Å². The first-order chi connectivity index (χ1) is 12.9. The van der Waals surface area contributed by atoms with Gasteiger partial charge in [0, 0.05) is 18.7 Å². The molecule has 1 aliphatic rings. The van der Waals surface area contributed by atoms with Gasteiger partial charge in [-0.3, -0.25) is 4.79 Å². The van der Waals surface area contributed by atoms with Gasteiger partial charge in [-0.25, -0.2) is 13.2 Å². The smallest absolute Gasteiger partial charge is 0.339 e. The first kappa shape index (κ1) is 19.1. The fourth-order valence-corrected chi connectivity index (χ4v) is 4.45. The first-order valence-corrected chi connectivity index (χ1v) is 9.99. The molecule has 1 amide bonds. The zero-order valence-electron chi connectivity index (χ0n) is 14.6. The number of hydrogen-bond acceptors (Lipinski definition) is 5. The molecule has 2 aromatic rings. The predicted octanol–water partition coefficient (Wildman–Crippen LogP) is 1.85. The molecule has 1 heterocycles. The second-order valence-electron chi connectivity index (χ2n) is 6.23. The topological polar surface area (TPSA) is 107 Å². The minimum absolute atomic E-state index is 0.121. The Morgan fingerprint density at radius 3 is 2.11 bits per heavy atom. The van der Waals surface area contributed by atoms with Crippen molar-refractivity contribution in [3.8, 4) is 0 Å². The van der Waals surface area contributed by atoms with E-state index in [4.69, 9.17) is 10.5 Å². The molecule has 3 rings (SSSR count). The molecule has 0 aromatic heterocycles. The van der Waals surface area contributed by atoms with Gasteiger partial charge in [-0.2, -0.15) is 4.31 Å². The summed E-state index contributed by atoms with van der Waals surface area (Å²) in [5, 5.41) is 0. The van der Waals surface area contributed by atoms with Crippen molar-refractivity contribution in [2.75, 3.05) is 13.1 Å². The van der Waals surface area contributed by atoms with Crippen molar-refractivity contribution >= 4 is 21.9 Å². The quantitative estimate of drug-likeness (QED) is 0.760. The fourth-order valence-electron chi connectivity index (χ4n) is 2.93. The summed E-state index contributed by atoms with van der Waals surface area (Å²) < 4.78 is 31.7. The SMILES string of the molecule is NC(=O)C(OC(=O)c1ccc(S(=O)(=O)N2CCCC2)cc1)c1ccccc1. The van der Waals surface area contributed by atoms with E-state index in [9.17, 15) is 18.0 Å². The Bertz CT molecular complexity index is 920. The molecule has 1 unspecified atom stereocenters. The van der Waals surface area contributed by atoms with Gasteiger partial charge >= 0.3 is 5.97 Å². The molecule has 1 fully saturated rings. The molecule has 0 aliphatic carbocycles. The normalized spacial score (nSPS) is 16.0. The van der Waals surface area contributed by atoms with Crippen LogP contribution in [0.25, 0.3) is 0 Å². The lowest BCUT2D eigenvalue weighted by Gasteiger charge is -2.16. The highest BCUT2D eigenvalue weighted by Gasteiger charge is 2.28. The van der Waals surface area contributed by atoms with Crippen LogP contribution in [0, 0.1) is 0 Å². The van der Waals surface area contributed by atoms with Crippen LogP contribution >= 0.6 is 0 Å². The molecular weight excluding hydrogens is 368 g/mol. The van der Waals surface area contributed by atoms with E-state index in [1.807, 2.05) is 0 Å². The highest BCUT2D eigenvalue weighted by Crippen LogP contribution is 2.23. The van der Waals surface area contributed by atoms with Crippen molar-refractivity contribution < 1.29 is 22.7 Å². The number of sulfonamides is 1. The minimum atomic E-state index is -3.55. The van der Waals surface area contributed by atoms with Crippen LogP contribution in [0.2, 0.25) is 0 Å². The predicted molar refractivity (Wildman–Crippen MR) is 98.2 cm³/mol. The van der Waals surface area contributed by atoms with Crippen LogP contribution in [-0.4, -0.2) is 37.7 Å². The number of carbonyl (C=O) groups is 2. The number of carbonyl (C=O) groups excluding carboxylic acids is 2. The summed E-state index contributed by atoms with van der Waals surface area (Å²) >= 11 is 0. The van der Waals surface area contributed by atoms with E-state index in [1.165, 1.54) is 28.6 Å². The van der Waals surface area contributed by atoms with Crippen molar-refractivity contribution in [2.24, 2.45) is 5.73 Å². The molecule has 0 saturated carbocycles. The summed E-state index contributed by atoms with van der Waals surface area (Å²) in [6.07, 6.45) is 0.474. The number of nitrogens with zero attached hydrogens (tertiary/aromatic N) is 1. The summed E-state index contributed by atoms with van der Waals surface area (Å²) in [7, 11) is -3.55. The van der Waals surface area contributed by atoms with E-state index in [1.54, 1.807) is 30.3 Å². The van der Waals surface area contributed by atoms with Gasteiger partial charge in [-0.1, -0.05) is 30.3 Å². The van der Waals surface area contributed by atoms with E-state index >= 15 is 0 Å². The van der Waals surface area contributed by atoms with Gasteiger partial charge in [-0.15, -0.1) is 0 Å². The second kappa shape index (κ2) is 7.89. The number of rotatable bonds is 6. The third-order valence-electron chi connectivity index (χ3n) is 4.38. The molecule has 0 spiro atoms. The van der Waals surface area contributed by atoms with Gasteiger partial charge < -0.3 is 10.5 Å². The summed E-state index contributed by atoms with van der Waals surface area (Å²) in [5.41, 5.74) is 5.95. The van der Waals surface area contributed by atoms with E-state index < -0.39 is 28.0 Å². The largest absolute Gasteiger partial charge is 0.444 e. The minimum Gasteiger partial charge on any atom is -0.444 e. The summed E-state index contributed by atoms with van der Waals surface area (Å²) in [6, 6.07) is 13.9. The van der Waals surface area contributed by atoms with Gasteiger partial charge in [-0.05, 0) is 37.1 Å². The molecular formula is C19H20N2O5S. The highest BCUT2D eigenvalue weighted by atomic mass is 32.2. The summed E-state index contributed by atoms with van der Waals surface area (Å²) in [6.45, 7) is 1.01. The lowest BCUT2D eigenvalue weighted by atomic mass is 10.1. The number of nitrogens with two attached hydrogens (primary N) is 1. The van der Waals surface area contributed by atoms with Crippen molar-refractivity contribution in [1.82, 2.24) is 4.31 Å². The Labute approximate surface area is 157 Å². The van der Waals surface area contributed by atoms with Crippen LogP contribution < -0.4 is 5.73 Å². The molecule has 1 saturated heterocycles. The fraction of sp³-hybridized carbons (Fsp3) is 0.263. The molecule has 27 heavy (non-hydrogen) atoms. The highest BCUT2D eigenvalue weighted by molar-refractivity contribution is 7.89. The van der Waals surface area contributed by atoms with Crippen molar-refractivity contribution in [1.29, 1.82) is 0 Å². The Morgan fingerprint density at radius 2 is 1.56 bits per heavy atom.